The number of hydrogen-bond acceptors (Lipinski definition) is 5. The molecule has 0 radical (unpaired) electrons. The van der Waals surface area contributed by atoms with Gasteiger partial charge in [-0.2, -0.15) is 0 Å². The van der Waals surface area contributed by atoms with Gasteiger partial charge >= 0.3 is 0 Å². The Labute approximate surface area is 161 Å². The molecule has 1 aromatic carbocycles. The molecule has 0 saturated carbocycles. The minimum absolute atomic E-state index is 0.0847. The number of rotatable bonds is 6. The van der Waals surface area contributed by atoms with Gasteiger partial charge in [0.2, 0.25) is 5.91 Å². The summed E-state index contributed by atoms with van der Waals surface area (Å²) in [6.07, 6.45) is -0.706. The van der Waals surface area contributed by atoms with Crippen LogP contribution in [0.25, 0.3) is 0 Å². The first-order chi connectivity index (χ1) is 13.0. The van der Waals surface area contributed by atoms with Crippen LogP contribution in [0.1, 0.15) is 25.5 Å². The van der Waals surface area contributed by atoms with Gasteiger partial charge in [0, 0.05) is 45.3 Å². The molecule has 1 aromatic rings. The molecule has 27 heavy (non-hydrogen) atoms. The lowest BCUT2D eigenvalue weighted by atomic mass is 9.99. The summed E-state index contributed by atoms with van der Waals surface area (Å²) in [6.45, 7) is 9.96. The molecule has 2 aliphatic heterocycles. The van der Waals surface area contributed by atoms with E-state index in [1.807, 2.05) is 30.3 Å². The predicted molar refractivity (Wildman–Crippen MR) is 103 cm³/mol. The molecule has 2 fully saturated rings. The van der Waals surface area contributed by atoms with Gasteiger partial charge in [-0.05, 0) is 19.4 Å². The lowest BCUT2D eigenvalue weighted by Crippen LogP contribution is -2.54. The van der Waals surface area contributed by atoms with E-state index in [2.05, 4.69) is 34.3 Å². The fraction of sp³-hybridized carbons (Fsp3) is 0.600. The maximum Gasteiger partial charge on any atom is 0.251 e. The molecular formula is C20H30N4O3. The van der Waals surface area contributed by atoms with Gasteiger partial charge in [-0.15, -0.1) is 0 Å². The molecule has 2 N–H and O–H groups in total. The first-order valence-electron chi connectivity index (χ1n) is 9.74. The van der Waals surface area contributed by atoms with Gasteiger partial charge in [-0.25, -0.2) is 0 Å². The van der Waals surface area contributed by atoms with E-state index >= 15 is 0 Å². The van der Waals surface area contributed by atoms with Crippen molar-refractivity contribution in [3.63, 3.8) is 0 Å². The van der Waals surface area contributed by atoms with Crippen molar-refractivity contribution in [3.8, 4) is 0 Å². The molecule has 0 bridgehead atoms. The van der Waals surface area contributed by atoms with Crippen molar-refractivity contribution >= 4 is 11.8 Å². The third-order valence-electron chi connectivity index (χ3n) is 5.29. The van der Waals surface area contributed by atoms with Crippen molar-refractivity contribution in [1.29, 1.82) is 0 Å². The largest absolute Gasteiger partial charge is 0.356 e. The van der Waals surface area contributed by atoms with Crippen molar-refractivity contribution in [3.05, 3.63) is 35.9 Å². The van der Waals surface area contributed by atoms with Crippen molar-refractivity contribution in [2.45, 2.75) is 32.0 Å². The smallest absolute Gasteiger partial charge is 0.251 e. The molecule has 2 unspecified atom stereocenters. The molecule has 2 aliphatic rings. The first kappa shape index (κ1) is 19.8. The number of morpholine rings is 1. The van der Waals surface area contributed by atoms with Crippen molar-refractivity contribution in [2.75, 3.05) is 45.9 Å². The van der Waals surface area contributed by atoms with Crippen LogP contribution in [0.5, 0.6) is 0 Å². The summed E-state index contributed by atoms with van der Waals surface area (Å²) >= 11 is 0. The van der Waals surface area contributed by atoms with Gasteiger partial charge in [0.05, 0.1) is 6.04 Å². The Morgan fingerprint density at radius 3 is 2.59 bits per heavy atom. The Morgan fingerprint density at radius 1 is 1.22 bits per heavy atom. The molecule has 0 aromatic heterocycles. The monoisotopic (exact) mass is 374 g/mol. The summed E-state index contributed by atoms with van der Waals surface area (Å²) < 4.78 is 5.56. The van der Waals surface area contributed by atoms with E-state index in [0.717, 1.165) is 38.3 Å². The number of carbonyl (C=O) groups excluding carboxylic acids is 2. The van der Waals surface area contributed by atoms with Gasteiger partial charge in [0.1, 0.15) is 6.61 Å². The summed E-state index contributed by atoms with van der Waals surface area (Å²) in [7, 11) is 0. The summed E-state index contributed by atoms with van der Waals surface area (Å²) in [4.78, 5) is 29.2. The van der Waals surface area contributed by atoms with Gasteiger partial charge in [0.15, 0.2) is 6.10 Å². The van der Waals surface area contributed by atoms with Crippen LogP contribution in [0.15, 0.2) is 30.3 Å². The number of nitrogens with zero attached hydrogens (tertiary/aromatic N) is 2. The van der Waals surface area contributed by atoms with Gasteiger partial charge in [-0.1, -0.05) is 30.3 Å². The molecule has 7 nitrogen and oxygen atoms in total. The van der Waals surface area contributed by atoms with Crippen LogP contribution in [0, 0.1) is 0 Å². The maximum absolute atomic E-state index is 12.7. The van der Waals surface area contributed by atoms with Crippen LogP contribution in [0.2, 0.25) is 0 Å². The van der Waals surface area contributed by atoms with Crippen LogP contribution in [-0.4, -0.2) is 79.6 Å². The van der Waals surface area contributed by atoms with Crippen LogP contribution in [0.3, 0.4) is 0 Å². The van der Waals surface area contributed by atoms with Crippen molar-refractivity contribution in [1.82, 2.24) is 20.4 Å². The van der Waals surface area contributed by atoms with E-state index in [0.29, 0.717) is 12.6 Å². The second kappa shape index (κ2) is 9.30. The quantitative estimate of drug-likeness (QED) is 0.753. The predicted octanol–water partition coefficient (Wildman–Crippen LogP) is 0.385. The average Bonchev–Trinajstić information content (AvgIpc) is 2.69. The number of hydrogen-bond donors (Lipinski definition) is 2. The molecule has 0 spiro atoms. The summed E-state index contributed by atoms with van der Waals surface area (Å²) in [5, 5.41) is 5.86. The summed E-state index contributed by atoms with van der Waals surface area (Å²) in [6, 6.07) is 9.61. The molecule has 2 heterocycles. The average molecular weight is 374 g/mol. The van der Waals surface area contributed by atoms with Gasteiger partial charge < -0.3 is 15.4 Å². The number of piperazine rings is 1. The molecule has 0 aliphatic carbocycles. The minimum atomic E-state index is -0.706. The minimum Gasteiger partial charge on any atom is -0.356 e. The van der Waals surface area contributed by atoms with E-state index in [-0.39, 0.29) is 18.4 Å². The normalized spacial score (nSPS) is 24.6. The second-order valence-electron chi connectivity index (χ2n) is 7.45. The molecule has 3 rings (SSSR count). The topological polar surface area (TPSA) is 73.9 Å². The highest BCUT2D eigenvalue weighted by atomic mass is 16.5. The van der Waals surface area contributed by atoms with Crippen LogP contribution in [0.4, 0.5) is 0 Å². The zero-order valence-corrected chi connectivity index (χ0v) is 16.2. The Hall–Kier alpha value is -1.96. The number of ether oxygens (including phenoxy) is 1. The lowest BCUT2D eigenvalue weighted by molar-refractivity contribution is -0.148. The highest BCUT2D eigenvalue weighted by Crippen LogP contribution is 2.22. The summed E-state index contributed by atoms with van der Waals surface area (Å²) in [5.74, 6) is -0.374. The molecule has 2 atom stereocenters. The fourth-order valence-corrected chi connectivity index (χ4v) is 3.64. The molecule has 2 amide bonds. The highest BCUT2D eigenvalue weighted by Gasteiger charge is 2.35. The molecule has 2 saturated heterocycles. The number of nitrogens with one attached hydrogen (secondary N) is 2. The van der Waals surface area contributed by atoms with E-state index in [1.54, 1.807) is 0 Å². The number of carbonyl (C=O) groups is 2. The molecule has 7 heteroatoms. The molecular weight excluding hydrogens is 344 g/mol. The van der Waals surface area contributed by atoms with Crippen molar-refractivity contribution in [2.24, 2.45) is 0 Å². The lowest BCUT2D eigenvalue weighted by Gasteiger charge is -2.37. The number of amides is 2. The zero-order valence-electron chi connectivity index (χ0n) is 16.2. The summed E-state index contributed by atoms with van der Waals surface area (Å²) in [5.41, 5.74) is 0.871. The number of benzene rings is 1. The molecule has 148 valence electrons. The second-order valence-corrected chi connectivity index (χ2v) is 7.45. The van der Waals surface area contributed by atoms with Crippen molar-refractivity contribution < 1.29 is 14.3 Å². The van der Waals surface area contributed by atoms with Gasteiger partial charge in [-0.3, -0.25) is 19.4 Å². The maximum atomic E-state index is 12.7. The Kier molecular flexibility index (Phi) is 6.82. The Bertz CT molecular complexity index is 629. The van der Waals surface area contributed by atoms with Gasteiger partial charge in [0.25, 0.3) is 5.91 Å². The Morgan fingerprint density at radius 2 is 1.93 bits per heavy atom. The van der Waals surface area contributed by atoms with Crippen LogP contribution >= 0.6 is 0 Å². The van der Waals surface area contributed by atoms with E-state index in [4.69, 9.17) is 4.74 Å². The van der Waals surface area contributed by atoms with E-state index < -0.39 is 12.1 Å². The first-order valence-corrected chi connectivity index (χ1v) is 9.74. The highest BCUT2D eigenvalue weighted by molar-refractivity contribution is 5.86. The zero-order chi connectivity index (χ0) is 19.2. The standard InChI is InChI=1S/C20H30N4O3/c1-15(2)24-12-10-23(11-13-24)9-8-21-20(26)19-18(22-17(25)14-27-19)16-6-4-3-5-7-16/h3-7,15,18-19H,8-14H2,1-2H3,(H,21,26)(H,22,25). The van der Waals surface area contributed by atoms with Crippen LogP contribution in [-0.2, 0) is 14.3 Å². The van der Waals surface area contributed by atoms with E-state index in [9.17, 15) is 9.59 Å². The van der Waals surface area contributed by atoms with E-state index in [1.165, 1.54) is 0 Å². The fourth-order valence-electron chi connectivity index (χ4n) is 3.64. The third-order valence-corrected chi connectivity index (χ3v) is 5.29. The third kappa shape index (κ3) is 5.28. The van der Waals surface area contributed by atoms with Crippen LogP contribution < -0.4 is 10.6 Å². The Balaban J connectivity index is 1.49. The SMILES string of the molecule is CC(C)N1CCN(CCNC(=O)C2OCC(=O)NC2c2ccccc2)CC1.